The molecular formula is C35H48N2O6. The van der Waals surface area contributed by atoms with Crippen LogP contribution in [0.1, 0.15) is 95.5 Å². The van der Waals surface area contributed by atoms with Gasteiger partial charge in [0.25, 0.3) is 5.91 Å². The van der Waals surface area contributed by atoms with Crippen LogP contribution in [0, 0.1) is 16.7 Å². The molecule has 234 valence electrons. The van der Waals surface area contributed by atoms with E-state index < -0.39 is 18.4 Å². The van der Waals surface area contributed by atoms with Crippen molar-refractivity contribution in [1.29, 1.82) is 0 Å². The van der Waals surface area contributed by atoms with E-state index in [0.29, 0.717) is 23.4 Å². The molecule has 3 aliphatic rings. The van der Waals surface area contributed by atoms with E-state index in [1.165, 1.54) is 26.2 Å². The van der Waals surface area contributed by atoms with E-state index in [1.54, 1.807) is 6.92 Å². The van der Waals surface area contributed by atoms with Gasteiger partial charge in [-0.25, -0.2) is 0 Å². The Morgan fingerprint density at radius 2 is 1.67 bits per heavy atom. The molecule has 8 heteroatoms. The monoisotopic (exact) mass is 592 g/mol. The second-order valence-electron chi connectivity index (χ2n) is 14.2. The Balaban J connectivity index is 1.32. The molecule has 2 aliphatic heterocycles. The van der Waals surface area contributed by atoms with E-state index in [4.69, 9.17) is 14.2 Å². The highest BCUT2D eigenvalue weighted by atomic mass is 16.7. The van der Waals surface area contributed by atoms with E-state index in [2.05, 4.69) is 50.0 Å². The number of esters is 1. The van der Waals surface area contributed by atoms with Gasteiger partial charge in [-0.1, -0.05) is 76.2 Å². The second kappa shape index (κ2) is 12.7. The largest absolute Gasteiger partial charge is 0.453 e. The van der Waals surface area contributed by atoms with Crippen LogP contribution >= 0.6 is 0 Å². The van der Waals surface area contributed by atoms with Gasteiger partial charge in [0, 0.05) is 44.1 Å². The lowest BCUT2D eigenvalue weighted by Gasteiger charge is -2.43. The molecule has 2 heterocycles. The van der Waals surface area contributed by atoms with Gasteiger partial charge in [0.05, 0.1) is 18.8 Å². The number of hydrogen-bond acceptors (Lipinski definition) is 7. The highest BCUT2D eigenvalue weighted by molar-refractivity contribution is 5.82. The fraction of sp³-hybridized carbons (Fsp3) is 0.600. The van der Waals surface area contributed by atoms with Crippen molar-refractivity contribution in [1.82, 2.24) is 10.2 Å². The number of carbonyl (C=O) groups is 2. The number of nitrogens with one attached hydrogen (secondary N) is 1. The number of rotatable bonds is 9. The highest BCUT2D eigenvalue weighted by Crippen LogP contribution is 2.53. The predicted molar refractivity (Wildman–Crippen MR) is 164 cm³/mol. The summed E-state index contributed by atoms with van der Waals surface area (Å²) in [7, 11) is 0. The third-order valence-electron chi connectivity index (χ3n) is 9.49. The van der Waals surface area contributed by atoms with Crippen molar-refractivity contribution in [2.24, 2.45) is 16.7 Å². The number of benzene rings is 2. The summed E-state index contributed by atoms with van der Waals surface area (Å²) in [6.45, 7) is 14.6. The first-order valence-electron chi connectivity index (χ1n) is 15.6. The number of fused-ring (bicyclic) bond motifs is 2. The number of nitrogens with zero attached hydrogens (tertiary/aromatic N) is 1. The van der Waals surface area contributed by atoms with Crippen molar-refractivity contribution in [2.45, 2.75) is 105 Å². The lowest BCUT2D eigenvalue weighted by atomic mass is 9.65. The minimum Gasteiger partial charge on any atom is -0.453 e. The Hall–Kier alpha value is -2.78. The Morgan fingerprint density at radius 3 is 2.33 bits per heavy atom. The predicted octanol–water partition coefficient (Wildman–Crippen LogP) is 5.44. The Morgan fingerprint density at radius 1 is 1.02 bits per heavy atom. The standard InChI is InChI=1S/C35H48N2O6/c1-22-30(18-37-21-35(6)16-29(37)15-34(4,5)20-35)42-33(43-31(22)27-11-9-26(19-38)10-12-27)28-13-7-25(8-14-28)17-36-32(40)23(2)41-24(3)39/h7-14,22-23,29-31,33,38H,15-21H2,1-6H3,(H,36,40). The van der Waals surface area contributed by atoms with Crippen molar-refractivity contribution in [2.75, 3.05) is 13.1 Å². The van der Waals surface area contributed by atoms with E-state index in [1.807, 2.05) is 36.4 Å². The van der Waals surface area contributed by atoms with E-state index in [0.717, 1.165) is 35.3 Å². The van der Waals surface area contributed by atoms with Gasteiger partial charge >= 0.3 is 5.97 Å². The molecule has 0 spiro atoms. The van der Waals surface area contributed by atoms with Crippen molar-refractivity contribution in [3.05, 3.63) is 70.8 Å². The Labute approximate surface area is 256 Å². The highest BCUT2D eigenvalue weighted by Gasteiger charge is 2.51. The Bertz CT molecular complexity index is 1280. The number of aliphatic hydroxyl groups excluding tert-OH is 1. The van der Waals surface area contributed by atoms with Crippen molar-refractivity contribution >= 4 is 11.9 Å². The summed E-state index contributed by atoms with van der Waals surface area (Å²) < 4.78 is 18.4. The first-order valence-corrected chi connectivity index (χ1v) is 15.6. The molecule has 2 N–H and O–H groups in total. The number of likely N-dealkylation sites (tertiary alicyclic amines) is 1. The minimum atomic E-state index is -0.841. The second-order valence-corrected chi connectivity index (χ2v) is 14.2. The fourth-order valence-electron chi connectivity index (χ4n) is 7.78. The average Bonchev–Trinajstić information content (AvgIpc) is 3.19. The summed E-state index contributed by atoms with van der Waals surface area (Å²) >= 11 is 0. The topological polar surface area (TPSA) is 97.3 Å². The van der Waals surface area contributed by atoms with Crippen LogP contribution in [0.4, 0.5) is 0 Å². The summed E-state index contributed by atoms with van der Waals surface area (Å²) in [5.41, 5.74) is 4.50. The van der Waals surface area contributed by atoms with Crippen molar-refractivity contribution < 1.29 is 28.9 Å². The third kappa shape index (κ3) is 7.48. The molecule has 8 nitrogen and oxygen atoms in total. The number of ether oxygens (including phenoxy) is 3. The third-order valence-corrected chi connectivity index (χ3v) is 9.49. The molecule has 2 aromatic carbocycles. The maximum absolute atomic E-state index is 12.3. The van der Waals surface area contributed by atoms with Crippen molar-refractivity contribution in [3.8, 4) is 0 Å². The lowest BCUT2D eigenvalue weighted by Crippen LogP contribution is -2.46. The molecule has 0 radical (unpaired) electrons. The van der Waals surface area contributed by atoms with Crippen LogP contribution in [-0.2, 0) is 37.0 Å². The van der Waals surface area contributed by atoms with Gasteiger partial charge in [0.1, 0.15) is 0 Å². The number of hydrogen-bond donors (Lipinski definition) is 2. The normalized spacial score (nSPS) is 30.9. The average molecular weight is 593 g/mol. The molecule has 5 rings (SSSR count). The van der Waals surface area contributed by atoms with Crippen LogP contribution in [0.5, 0.6) is 0 Å². The molecule has 2 aromatic rings. The molecule has 3 fully saturated rings. The van der Waals surface area contributed by atoms with Crippen LogP contribution in [0.15, 0.2) is 48.5 Å². The molecule has 7 unspecified atom stereocenters. The van der Waals surface area contributed by atoms with E-state index in [9.17, 15) is 14.7 Å². The summed E-state index contributed by atoms with van der Waals surface area (Å²) in [5.74, 6) is -0.694. The number of amides is 1. The SMILES string of the molecule is CC(=O)OC(C)C(=O)NCc1ccc(C2OC(CN3CC4(C)CC3CC(C)(C)C4)C(C)C(c3ccc(CO)cc3)O2)cc1. The van der Waals surface area contributed by atoms with Crippen LogP contribution in [-0.4, -0.2) is 53.2 Å². The summed E-state index contributed by atoms with van der Waals surface area (Å²) in [4.78, 5) is 26.1. The van der Waals surface area contributed by atoms with Crippen LogP contribution in [0.2, 0.25) is 0 Å². The molecular weight excluding hydrogens is 544 g/mol. The number of carbonyl (C=O) groups excluding carboxylic acids is 2. The smallest absolute Gasteiger partial charge is 0.303 e. The molecule has 0 aromatic heterocycles. The van der Waals surface area contributed by atoms with Crippen LogP contribution in [0.3, 0.4) is 0 Å². The minimum absolute atomic E-state index is 0.0106. The van der Waals surface area contributed by atoms with Crippen LogP contribution in [0.25, 0.3) is 0 Å². The van der Waals surface area contributed by atoms with Gasteiger partial charge < -0.3 is 24.6 Å². The van der Waals surface area contributed by atoms with Gasteiger partial charge in [-0.2, -0.15) is 0 Å². The van der Waals surface area contributed by atoms with Gasteiger partial charge in [-0.05, 0) is 53.7 Å². The molecule has 1 aliphatic carbocycles. The summed E-state index contributed by atoms with van der Waals surface area (Å²) in [5, 5.41) is 12.4. The van der Waals surface area contributed by atoms with Crippen LogP contribution < -0.4 is 5.32 Å². The van der Waals surface area contributed by atoms with Gasteiger partial charge in [0.2, 0.25) is 0 Å². The molecule has 7 atom stereocenters. The maximum Gasteiger partial charge on any atom is 0.303 e. The summed E-state index contributed by atoms with van der Waals surface area (Å²) in [6.07, 6.45) is 2.17. The van der Waals surface area contributed by atoms with E-state index >= 15 is 0 Å². The number of aliphatic hydroxyl groups is 1. The van der Waals surface area contributed by atoms with Crippen molar-refractivity contribution in [3.63, 3.8) is 0 Å². The molecule has 1 amide bonds. The zero-order valence-corrected chi connectivity index (χ0v) is 26.5. The summed E-state index contributed by atoms with van der Waals surface area (Å²) in [6, 6.07) is 16.5. The zero-order chi connectivity index (χ0) is 30.9. The first kappa shape index (κ1) is 31.6. The van der Waals surface area contributed by atoms with E-state index in [-0.39, 0.29) is 30.6 Å². The van der Waals surface area contributed by atoms with Gasteiger partial charge in [0.15, 0.2) is 12.4 Å². The van der Waals surface area contributed by atoms with Gasteiger partial charge in [-0.15, -0.1) is 0 Å². The molecule has 2 bridgehead atoms. The first-order chi connectivity index (χ1) is 20.3. The Kier molecular flexibility index (Phi) is 9.33. The molecule has 2 saturated heterocycles. The lowest BCUT2D eigenvalue weighted by molar-refractivity contribution is -0.276. The van der Waals surface area contributed by atoms with Gasteiger partial charge in [-0.3, -0.25) is 14.5 Å². The molecule has 43 heavy (non-hydrogen) atoms. The quantitative estimate of drug-likeness (QED) is 0.375. The maximum atomic E-state index is 12.3. The molecule has 1 saturated carbocycles. The zero-order valence-electron chi connectivity index (χ0n) is 26.5. The fourth-order valence-corrected chi connectivity index (χ4v) is 7.78.